The van der Waals surface area contributed by atoms with Gasteiger partial charge in [0.15, 0.2) is 5.13 Å². The largest absolute Gasteiger partial charge is 0.346 e. The number of rotatable bonds is 4. The molecule has 6 nitrogen and oxygen atoms in total. The summed E-state index contributed by atoms with van der Waals surface area (Å²) in [5, 5.41) is 5.23. The average Bonchev–Trinajstić information content (AvgIpc) is 2.86. The Balaban J connectivity index is 1.52. The first-order valence-electron chi connectivity index (χ1n) is 7.57. The van der Waals surface area contributed by atoms with Gasteiger partial charge in [-0.05, 0) is 19.9 Å². The fourth-order valence-electron chi connectivity index (χ4n) is 2.55. The number of aryl methyl sites for hydroxylation is 2. The van der Waals surface area contributed by atoms with E-state index < -0.39 is 0 Å². The van der Waals surface area contributed by atoms with Gasteiger partial charge >= 0.3 is 0 Å². The zero-order valence-corrected chi connectivity index (χ0v) is 13.8. The first-order chi connectivity index (χ1) is 10.6. The summed E-state index contributed by atoms with van der Waals surface area (Å²) in [4.78, 5) is 22.3. The molecule has 0 atom stereocenters. The van der Waals surface area contributed by atoms with E-state index in [-0.39, 0.29) is 5.56 Å². The van der Waals surface area contributed by atoms with Crippen molar-refractivity contribution in [2.75, 3.05) is 37.6 Å². The van der Waals surface area contributed by atoms with E-state index in [0.717, 1.165) is 43.5 Å². The Labute approximate surface area is 134 Å². The van der Waals surface area contributed by atoms with Gasteiger partial charge in [-0.2, -0.15) is 5.10 Å². The van der Waals surface area contributed by atoms with Crippen molar-refractivity contribution in [3.63, 3.8) is 0 Å². The van der Waals surface area contributed by atoms with Crippen LogP contribution < -0.4 is 10.5 Å². The maximum Gasteiger partial charge on any atom is 0.266 e. The van der Waals surface area contributed by atoms with Crippen LogP contribution in [0.2, 0.25) is 0 Å². The number of piperazine rings is 1. The van der Waals surface area contributed by atoms with Gasteiger partial charge in [-0.1, -0.05) is 0 Å². The molecule has 2 aromatic rings. The zero-order chi connectivity index (χ0) is 15.5. The molecule has 22 heavy (non-hydrogen) atoms. The van der Waals surface area contributed by atoms with Gasteiger partial charge in [-0.15, -0.1) is 11.3 Å². The van der Waals surface area contributed by atoms with Gasteiger partial charge in [0.05, 0.1) is 12.2 Å². The van der Waals surface area contributed by atoms with E-state index in [4.69, 9.17) is 0 Å². The summed E-state index contributed by atoms with van der Waals surface area (Å²) in [6.07, 6.45) is 1.66. The minimum absolute atomic E-state index is 0.0325. The van der Waals surface area contributed by atoms with Gasteiger partial charge in [-0.25, -0.2) is 9.67 Å². The van der Waals surface area contributed by atoms with Crippen LogP contribution in [0.4, 0.5) is 5.13 Å². The molecule has 2 aromatic heterocycles. The predicted molar refractivity (Wildman–Crippen MR) is 88.7 cm³/mol. The van der Waals surface area contributed by atoms with Gasteiger partial charge in [0.2, 0.25) is 0 Å². The molecule has 7 heteroatoms. The lowest BCUT2D eigenvalue weighted by Gasteiger charge is -2.34. The van der Waals surface area contributed by atoms with Crippen molar-refractivity contribution in [1.29, 1.82) is 0 Å². The van der Waals surface area contributed by atoms with Crippen LogP contribution in [-0.4, -0.2) is 52.4 Å². The molecular formula is C15H21N5OS. The standard InChI is InChI=1S/C15H21N5OS/c1-12-13(2)22-15(17-12)19-9-6-18(7-10-19)8-11-20-14(21)4-3-5-16-20/h3-5H,6-11H2,1-2H3. The molecular weight excluding hydrogens is 298 g/mol. The molecule has 0 aromatic carbocycles. The molecule has 3 rings (SSSR count). The number of thiazole rings is 1. The van der Waals surface area contributed by atoms with Crippen molar-refractivity contribution < 1.29 is 0 Å². The van der Waals surface area contributed by atoms with E-state index in [0.29, 0.717) is 6.54 Å². The highest BCUT2D eigenvalue weighted by atomic mass is 32.1. The minimum atomic E-state index is -0.0325. The molecule has 0 unspecified atom stereocenters. The van der Waals surface area contributed by atoms with Crippen LogP contribution in [0.25, 0.3) is 0 Å². The predicted octanol–water partition coefficient (Wildman–Crippen LogP) is 1.14. The number of hydrogen-bond acceptors (Lipinski definition) is 6. The Bertz CT molecular complexity index is 668. The van der Waals surface area contributed by atoms with Crippen molar-refractivity contribution in [3.05, 3.63) is 39.3 Å². The third-order valence-corrected chi connectivity index (χ3v) is 5.21. The highest BCUT2D eigenvalue weighted by Crippen LogP contribution is 2.25. The van der Waals surface area contributed by atoms with E-state index in [1.54, 1.807) is 29.7 Å². The van der Waals surface area contributed by atoms with Gasteiger partial charge in [0, 0.05) is 49.9 Å². The highest BCUT2D eigenvalue weighted by Gasteiger charge is 2.19. The summed E-state index contributed by atoms with van der Waals surface area (Å²) < 4.78 is 1.53. The number of nitrogens with zero attached hydrogens (tertiary/aromatic N) is 5. The summed E-state index contributed by atoms with van der Waals surface area (Å²) in [6.45, 7) is 9.68. The number of anilines is 1. The number of aromatic nitrogens is 3. The lowest BCUT2D eigenvalue weighted by molar-refractivity contribution is 0.242. The highest BCUT2D eigenvalue weighted by molar-refractivity contribution is 7.15. The van der Waals surface area contributed by atoms with Gasteiger partial charge in [-0.3, -0.25) is 9.69 Å². The Kier molecular flexibility index (Phi) is 4.54. The molecule has 0 radical (unpaired) electrons. The summed E-state index contributed by atoms with van der Waals surface area (Å²) in [7, 11) is 0. The molecule has 0 amide bonds. The van der Waals surface area contributed by atoms with Crippen molar-refractivity contribution in [2.24, 2.45) is 0 Å². The van der Waals surface area contributed by atoms with Crippen molar-refractivity contribution in [1.82, 2.24) is 19.7 Å². The zero-order valence-electron chi connectivity index (χ0n) is 13.0. The Morgan fingerprint density at radius 2 is 1.95 bits per heavy atom. The SMILES string of the molecule is Cc1nc(N2CCN(CCn3ncccc3=O)CC2)sc1C. The smallest absolute Gasteiger partial charge is 0.266 e. The summed E-state index contributed by atoms with van der Waals surface area (Å²) >= 11 is 1.78. The molecule has 0 aliphatic carbocycles. The minimum Gasteiger partial charge on any atom is -0.346 e. The summed E-state index contributed by atoms with van der Waals surface area (Å²) in [5.74, 6) is 0. The van der Waals surface area contributed by atoms with Crippen LogP contribution in [0.15, 0.2) is 23.1 Å². The van der Waals surface area contributed by atoms with E-state index in [1.165, 1.54) is 9.56 Å². The van der Waals surface area contributed by atoms with E-state index >= 15 is 0 Å². The summed E-state index contributed by atoms with van der Waals surface area (Å²) in [5.41, 5.74) is 1.10. The molecule has 0 saturated carbocycles. The Morgan fingerprint density at radius 3 is 2.59 bits per heavy atom. The molecule has 1 aliphatic heterocycles. The van der Waals surface area contributed by atoms with Crippen molar-refractivity contribution in [2.45, 2.75) is 20.4 Å². The fourth-order valence-corrected chi connectivity index (χ4v) is 3.51. The fraction of sp³-hybridized carbons (Fsp3) is 0.533. The van der Waals surface area contributed by atoms with Crippen molar-refractivity contribution in [3.8, 4) is 0 Å². The molecule has 1 aliphatic rings. The van der Waals surface area contributed by atoms with E-state index in [1.807, 2.05) is 0 Å². The maximum atomic E-state index is 11.6. The van der Waals surface area contributed by atoms with E-state index in [9.17, 15) is 4.79 Å². The van der Waals surface area contributed by atoms with Crippen LogP contribution in [0, 0.1) is 13.8 Å². The lowest BCUT2D eigenvalue weighted by atomic mass is 10.3. The summed E-state index contributed by atoms with van der Waals surface area (Å²) in [6, 6.07) is 3.23. The molecule has 1 fully saturated rings. The van der Waals surface area contributed by atoms with Gasteiger partial charge < -0.3 is 4.90 Å². The Hall–Kier alpha value is -1.73. The first-order valence-corrected chi connectivity index (χ1v) is 8.38. The second-order valence-electron chi connectivity index (χ2n) is 5.55. The average molecular weight is 319 g/mol. The Morgan fingerprint density at radius 1 is 1.18 bits per heavy atom. The third-order valence-electron chi connectivity index (χ3n) is 4.07. The van der Waals surface area contributed by atoms with Gasteiger partial charge in [0.1, 0.15) is 0 Å². The van der Waals surface area contributed by atoms with Gasteiger partial charge in [0.25, 0.3) is 5.56 Å². The van der Waals surface area contributed by atoms with Crippen LogP contribution in [0.3, 0.4) is 0 Å². The quantitative estimate of drug-likeness (QED) is 0.846. The van der Waals surface area contributed by atoms with E-state index in [2.05, 4.69) is 33.7 Å². The third kappa shape index (κ3) is 3.36. The molecule has 3 heterocycles. The van der Waals surface area contributed by atoms with Crippen molar-refractivity contribution >= 4 is 16.5 Å². The molecule has 118 valence electrons. The van der Waals surface area contributed by atoms with Crippen LogP contribution in [-0.2, 0) is 6.54 Å². The molecule has 0 bridgehead atoms. The topological polar surface area (TPSA) is 54.3 Å². The monoisotopic (exact) mass is 319 g/mol. The van der Waals surface area contributed by atoms with Crippen LogP contribution in [0.1, 0.15) is 10.6 Å². The normalized spacial score (nSPS) is 16.2. The molecule has 0 spiro atoms. The maximum absolute atomic E-state index is 11.6. The second kappa shape index (κ2) is 6.58. The molecule has 0 N–H and O–H groups in total. The second-order valence-corrected chi connectivity index (χ2v) is 6.73. The molecule has 1 saturated heterocycles. The lowest BCUT2D eigenvalue weighted by Crippen LogP contribution is -2.47. The van der Waals surface area contributed by atoms with Crippen LogP contribution in [0.5, 0.6) is 0 Å². The first kappa shape index (κ1) is 15.2. The number of hydrogen-bond donors (Lipinski definition) is 0. The van der Waals surface area contributed by atoms with Crippen LogP contribution >= 0.6 is 11.3 Å².